The molecule has 0 saturated carbocycles. The molecule has 0 aliphatic carbocycles. The molecule has 140 valence electrons. The SMILES string of the molecule is O=C(NCCc1ccc(O)c(O)c1)c1ccc(COc2ccc(F)cc2)o1. The van der Waals surface area contributed by atoms with Gasteiger partial charge in [0.2, 0.25) is 0 Å². The number of ether oxygens (including phenoxy) is 1. The molecular weight excluding hydrogens is 353 g/mol. The molecule has 0 radical (unpaired) electrons. The molecule has 0 bridgehead atoms. The molecule has 0 fully saturated rings. The Morgan fingerprint density at radius 1 is 1.04 bits per heavy atom. The minimum atomic E-state index is -0.369. The van der Waals surface area contributed by atoms with Crippen LogP contribution in [-0.4, -0.2) is 22.7 Å². The average molecular weight is 371 g/mol. The number of amides is 1. The Kier molecular flexibility index (Phi) is 5.61. The number of hydrogen-bond donors (Lipinski definition) is 3. The molecule has 0 unspecified atom stereocenters. The van der Waals surface area contributed by atoms with Gasteiger partial charge < -0.3 is 24.7 Å². The Balaban J connectivity index is 1.47. The Bertz CT molecular complexity index is 920. The van der Waals surface area contributed by atoms with Gasteiger partial charge in [-0.2, -0.15) is 0 Å². The summed E-state index contributed by atoms with van der Waals surface area (Å²) in [5.74, 6) is 0.0161. The standard InChI is InChI=1S/C20H18FNO5/c21-14-2-4-15(5-3-14)26-12-16-6-8-19(27-16)20(25)22-10-9-13-1-7-17(23)18(24)11-13/h1-8,11,23-24H,9-10,12H2,(H,22,25). The number of aromatic hydroxyl groups is 2. The monoisotopic (exact) mass is 371 g/mol. The summed E-state index contributed by atoms with van der Waals surface area (Å²) < 4.78 is 23.8. The van der Waals surface area contributed by atoms with Crippen LogP contribution in [0.3, 0.4) is 0 Å². The maximum atomic E-state index is 12.8. The van der Waals surface area contributed by atoms with Crippen LogP contribution in [-0.2, 0) is 13.0 Å². The molecule has 27 heavy (non-hydrogen) atoms. The number of benzene rings is 2. The summed E-state index contributed by atoms with van der Waals surface area (Å²) in [5.41, 5.74) is 0.776. The number of phenols is 2. The zero-order chi connectivity index (χ0) is 19.2. The van der Waals surface area contributed by atoms with Gasteiger partial charge in [-0.05, 0) is 60.5 Å². The minimum absolute atomic E-state index is 0.117. The van der Waals surface area contributed by atoms with Crippen LogP contribution in [0.2, 0.25) is 0 Å². The van der Waals surface area contributed by atoms with Gasteiger partial charge in [-0.15, -0.1) is 0 Å². The average Bonchev–Trinajstić information content (AvgIpc) is 3.13. The number of hydrogen-bond acceptors (Lipinski definition) is 5. The summed E-state index contributed by atoms with van der Waals surface area (Å²) >= 11 is 0. The van der Waals surface area contributed by atoms with Crippen molar-refractivity contribution in [3.63, 3.8) is 0 Å². The lowest BCUT2D eigenvalue weighted by molar-refractivity contribution is 0.0922. The number of furan rings is 1. The fourth-order valence-electron chi connectivity index (χ4n) is 2.39. The van der Waals surface area contributed by atoms with Gasteiger partial charge in [0.25, 0.3) is 5.91 Å². The van der Waals surface area contributed by atoms with Crippen molar-refractivity contribution in [2.75, 3.05) is 6.54 Å². The van der Waals surface area contributed by atoms with Gasteiger partial charge in [0, 0.05) is 6.54 Å². The predicted octanol–water partition coefficient (Wildman–Crippen LogP) is 3.38. The fraction of sp³-hybridized carbons (Fsp3) is 0.150. The number of carbonyl (C=O) groups is 1. The predicted molar refractivity (Wildman–Crippen MR) is 95.2 cm³/mol. The van der Waals surface area contributed by atoms with E-state index in [1.165, 1.54) is 36.4 Å². The second-order valence-electron chi connectivity index (χ2n) is 5.84. The highest BCUT2D eigenvalue weighted by Crippen LogP contribution is 2.24. The van der Waals surface area contributed by atoms with E-state index in [9.17, 15) is 19.4 Å². The first-order valence-corrected chi connectivity index (χ1v) is 8.27. The molecule has 3 rings (SSSR count). The molecular formula is C20H18FNO5. The summed E-state index contributed by atoms with van der Waals surface area (Å²) in [6.45, 7) is 0.455. The fourth-order valence-corrected chi connectivity index (χ4v) is 2.39. The number of rotatable bonds is 7. The second-order valence-corrected chi connectivity index (χ2v) is 5.84. The summed E-state index contributed by atoms with van der Waals surface area (Å²) in [5, 5.41) is 21.4. The van der Waals surface area contributed by atoms with Gasteiger partial charge in [0.1, 0.15) is 23.9 Å². The van der Waals surface area contributed by atoms with Crippen LogP contribution in [0, 0.1) is 5.82 Å². The maximum absolute atomic E-state index is 12.8. The molecule has 2 aromatic carbocycles. The summed E-state index contributed by atoms with van der Waals surface area (Å²) in [6, 6.07) is 13.3. The summed E-state index contributed by atoms with van der Waals surface area (Å²) in [6.07, 6.45) is 0.487. The normalized spacial score (nSPS) is 10.6. The smallest absolute Gasteiger partial charge is 0.287 e. The first-order chi connectivity index (χ1) is 13.0. The third kappa shape index (κ3) is 5.01. The van der Waals surface area contributed by atoms with Gasteiger partial charge in [0.05, 0.1) is 0 Å². The van der Waals surface area contributed by atoms with Crippen LogP contribution in [0.15, 0.2) is 59.0 Å². The third-order valence-electron chi connectivity index (χ3n) is 3.82. The van der Waals surface area contributed by atoms with Crippen LogP contribution >= 0.6 is 0 Å². The number of carbonyl (C=O) groups excluding carboxylic acids is 1. The van der Waals surface area contributed by atoms with Crippen LogP contribution in [0.1, 0.15) is 21.9 Å². The van der Waals surface area contributed by atoms with E-state index < -0.39 is 0 Å². The van der Waals surface area contributed by atoms with E-state index in [-0.39, 0.29) is 35.6 Å². The molecule has 7 heteroatoms. The summed E-state index contributed by atoms with van der Waals surface area (Å²) in [7, 11) is 0. The molecule has 6 nitrogen and oxygen atoms in total. The van der Waals surface area contributed by atoms with Crippen molar-refractivity contribution in [3.05, 3.63) is 77.5 Å². The Morgan fingerprint density at radius 2 is 1.81 bits per heavy atom. The molecule has 3 N–H and O–H groups in total. The highest BCUT2D eigenvalue weighted by atomic mass is 19.1. The molecule has 1 amide bonds. The Labute approximate surface area is 154 Å². The molecule has 0 aliphatic heterocycles. The van der Waals surface area contributed by atoms with E-state index in [0.29, 0.717) is 24.5 Å². The van der Waals surface area contributed by atoms with Crippen LogP contribution in [0.25, 0.3) is 0 Å². The van der Waals surface area contributed by atoms with Crippen molar-refractivity contribution in [2.24, 2.45) is 0 Å². The van der Waals surface area contributed by atoms with Crippen LogP contribution < -0.4 is 10.1 Å². The number of phenolic OH excluding ortho intramolecular Hbond substituents is 2. The Morgan fingerprint density at radius 3 is 2.56 bits per heavy atom. The quantitative estimate of drug-likeness (QED) is 0.554. The zero-order valence-electron chi connectivity index (χ0n) is 14.3. The first kappa shape index (κ1) is 18.3. The lowest BCUT2D eigenvalue weighted by atomic mass is 10.1. The molecule has 1 aromatic heterocycles. The largest absolute Gasteiger partial charge is 0.504 e. The second kappa shape index (κ2) is 8.27. The van der Waals surface area contributed by atoms with Gasteiger partial charge in [-0.3, -0.25) is 4.79 Å². The first-order valence-electron chi connectivity index (χ1n) is 8.27. The van der Waals surface area contributed by atoms with Crippen molar-refractivity contribution in [1.29, 1.82) is 0 Å². The molecule has 0 aliphatic rings. The van der Waals surface area contributed by atoms with Crippen molar-refractivity contribution < 1.29 is 28.6 Å². The van der Waals surface area contributed by atoms with Gasteiger partial charge in [-0.1, -0.05) is 6.07 Å². The van der Waals surface area contributed by atoms with E-state index in [4.69, 9.17) is 9.15 Å². The van der Waals surface area contributed by atoms with Crippen LogP contribution in [0.5, 0.6) is 17.2 Å². The van der Waals surface area contributed by atoms with E-state index in [2.05, 4.69) is 5.32 Å². The highest BCUT2D eigenvalue weighted by Gasteiger charge is 2.11. The third-order valence-corrected chi connectivity index (χ3v) is 3.82. The molecule has 0 saturated heterocycles. The van der Waals surface area contributed by atoms with Crippen molar-refractivity contribution in [2.45, 2.75) is 13.0 Å². The molecule has 3 aromatic rings. The zero-order valence-corrected chi connectivity index (χ0v) is 14.3. The van der Waals surface area contributed by atoms with E-state index in [1.54, 1.807) is 18.2 Å². The van der Waals surface area contributed by atoms with Gasteiger partial charge >= 0.3 is 0 Å². The minimum Gasteiger partial charge on any atom is -0.504 e. The van der Waals surface area contributed by atoms with Crippen molar-refractivity contribution >= 4 is 5.91 Å². The topological polar surface area (TPSA) is 91.9 Å². The van der Waals surface area contributed by atoms with Crippen molar-refractivity contribution in [3.8, 4) is 17.2 Å². The van der Waals surface area contributed by atoms with Crippen LogP contribution in [0.4, 0.5) is 4.39 Å². The summed E-state index contributed by atoms with van der Waals surface area (Å²) in [4.78, 5) is 12.1. The molecule has 0 atom stereocenters. The molecule has 0 spiro atoms. The number of nitrogens with one attached hydrogen (secondary N) is 1. The lowest BCUT2D eigenvalue weighted by Gasteiger charge is -2.05. The van der Waals surface area contributed by atoms with Crippen molar-refractivity contribution in [1.82, 2.24) is 5.32 Å². The Hall–Kier alpha value is -3.48. The maximum Gasteiger partial charge on any atom is 0.287 e. The van der Waals surface area contributed by atoms with E-state index in [0.717, 1.165) is 5.56 Å². The van der Waals surface area contributed by atoms with Gasteiger partial charge in [0.15, 0.2) is 17.3 Å². The van der Waals surface area contributed by atoms with E-state index in [1.807, 2.05) is 0 Å². The van der Waals surface area contributed by atoms with Gasteiger partial charge in [-0.25, -0.2) is 4.39 Å². The molecule has 1 heterocycles. The highest BCUT2D eigenvalue weighted by molar-refractivity contribution is 5.91. The van der Waals surface area contributed by atoms with E-state index >= 15 is 0 Å². The number of halogens is 1. The lowest BCUT2D eigenvalue weighted by Crippen LogP contribution is -2.25.